The third kappa shape index (κ3) is 3.87. The summed E-state index contributed by atoms with van der Waals surface area (Å²) >= 11 is 6.03. The van der Waals surface area contributed by atoms with E-state index in [1.165, 1.54) is 0 Å². The minimum atomic E-state index is -0.515. The first-order valence-corrected chi connectivity index (χ1v) is 6.24. The lowest BCUT2D eigenvalue weighted by Crippen LogP contribution is -2.28. The number of rotatable bonds is 6. The van der Waals surface area contributed by atoms with Crippen molar-refractivity contribution in [3.63, 3.8) is 0 Å². The van der Waals surface area contributed by atoms with Crippen LogP contribution in [0.2, 0.25) is 5.02 Å². The molecule has 1 aromatic carbocycles. The highest BCUT2D eigenvalue weighted by molar-refractivity contribution is 6.32. The van der Waals surface area contributed by atoms with Gasteiger partial charge in [0.2, 0.25) is 0 Å². The SMILES string of the molecule is CCN(CC)CC(O)c1ccc(OC)c(Cl)c1. The monoisotopic (exact) mass is 257 g/mol. The fourth-order valence-corrected chi connectivity index (χ4v) is 1.99. The van der Waals surface area contributed by atoms with E-state index in [4.69, 9.17) is 16.3 Å². The first-order valence-electron chi connectivity index (χ1n) is 5.86. The van der Waals surface area contributed by atoms with Crippen molar-refractivity contribution in [2.24, 2.45) is 0 Å². The van der Waals surface area contributed by atoms with Crippen LogP contribution in [0, 0.1) is 0 Å². The van der Waals surface area contributed by atoms with E-state index in [1.54, 1.807) is 19.2 Å². The molecule has 1 N–H and O–H groups in total. The second-order valence-corrected chi connectivity index (χ2v) is 4.30. The topological polar surface area (TPSA) is 32.7 Å². The summed E-state index contributed by atoms with van der Waals surface area (Å²) in [6.45, 7) is 6.64. The molecule has 1 unspecified atom stereocenters. The summed E-state index contributed by atoms with van der Waals surface area (Å²) in [6, 6.07) is 5.39. The van der Waals surface area contributed by atoms with Gasteiger partial charge in [-0.25, -0.2) is 0 Å². The Hall–Kier alpha value is -0.770. The van der Waals surface area contributed by atoms with Crippen molar-refractivity contribution in [1.82, 2.24) is 4.90 Å². The molecule has 0 spiro atoms. The van der Waals surface area contributed by atoms with Crippen molar-refractivity contribution in [2.45, 2.75) is 20.0 Å². The molecule has 0 aliphatic rings. The van der Waals surface area contributed by atoms with Crippen LogP contribution in [-0.2, 0) is 0 Å². The molecule has 96 valence electrons. The molecule has 0 aromatic heterocycles. The molecule has 0 aliphatic carbocycles. The van der Waals surface area contributed by atoms with Gasteiger partial charge in [-0.1, -0.05) is 31.5 Å². The van der Waals surface area contributed by atoms with Gasteiger partial charge in [-0.2, -0.15) is 0 Å². The number of ether oxygens (including phenoxy) is 1. The smallest absolute Gasteiger partial charge is 0.137 e. The molecule has 1 atom stereocenters. The Morgan fingerprint density at radius 1 is 1.35 bits per heavy atom. The molecule has 3 nitrogen and oxygen atoms in total. The largest absolute Gasteiger partial charge is 0.495 e. The molecule has 0 aliphatic heterocycles. The maximum atomic E-state index is 10.1. The van der Waals surface area contributed by atoms with Crippen molar-refractivity contribution >= 4 is 11.6 Å². The Labute approximate surface area is 108 Å². The summed E-state index contributed by atoms with van der Waals surface area (Å²) in [5.74, 6) is 0.630. The van der Waals surface area contributed by atoms with E-state index in [1.807, 2.05) is 6.07 Å². The van der Waals surface area contributed by atoms with Gasteiger partial charge in [-0.3, -0.25) is 0 Å². The summed E-state index contributed by atoms with van der Waals surface area (Å²) in [5.41, 5.74) is 0.822. The van der Waals surface area contributed by atoms with Crippen LogP contribution in [0.15, 0.2) is 18.2 Å². The zero-order chi connectivity index (χ0) is 12.8. The van der Waals surface area contributed by atoms with Gasteiger partial charge >= 0.3 is 0 Å². The van der Waals surface area contributed by atoms with Crippen LogP contribution in [0.3, 0.4) is 0 Å². The van der Waals surface area contributed by atoms with E-state index in [0.29, 0.717) is 17.3 Å². The molecule has 4 heteroatoms. The maximum absolute atomic E-state index is 10.1. The standard InChI is InChI=1S/C13H20ClNO2/c1-4-15(5-2)9-12(16)10-6-7-13(17-3)11(14)8-10/h6-8,12,16H,4-5,9H2,1-3H3. The van der Waals surface area contributed by atoms with E-state index in [2.05, 4.69) is 18.7 Å². The number of hydrogen-bond donors (Lipinski definition) is 1. The van der Waals surface area contributed by atoms with Gasteiger partial charge in [-0.05, 0) is 30.8 Å². The molecular weight excluding hydrogens is 238 g/mol. The van der Waals surface area contributed by atoms with Crippen molar-refractivity contribution in [2.75, 3.05) is 26.7 Å². The molecule has 0 saturated heterocycles. The van der Waals surface area contributed by atoms with Crippen molar-refractivity contribution in [1.29, 1.82) is 0 Å². The average molecular weight is 258 g/mol. The van der Waals surface area contributed by atoms with Crippen LogP contribution in [0.1, 0.15) is 25.5 Å². The number of halogens is 1. The van der Waals surface area contributed by atoms with Crippen LogP contribution in [-0.4, -0.2) is 36.8 Å². The fraction of sp³-hybridized carbons (Fsp3) is 0.538. The molecule has 1 aromatic rings. The van der Waals surface area contributed by atoms with E-state index in [-0.39, 0.29) is 0 Å². The van der Waals surface area contributed by atoms with E-state index in [0.717, 1.165) is 18.7 Å². The number of aliphatic hydroxyl groups excluding tert-OH is 1. The van der Waals surface area contributed by atoms with Crippen molar-refractivity contribution < 1.29 is 9.84 Å². The lowest BCUT2D eigenvalue weighted by Gasteiger charge is -2.22. The first-order chi connectivity index (χ1) is 8.12. The predicted octanol–water partition coefficient (Wildman–Crippen LogP) is 2.72. The number of hydrogen-bond acceptors (Lipinski definition) is 3. The number of benzene rings is 1. The first kappa shape index (κ1) is 14.3. The lowest BCUT2D eigenvalue weighted by molar-refractivity contribution is 0.119. The van der Waals surface area contributed by atoms with Crippen LogP contribution >= 0.6 is 11.6 Å². The van der Waals surface area contributed by atoms with E-state index < -0.39 is 6.10 Å². The number of likely N-dealkylation sites (N-methyl/N-ethyl adjacent to an activating group) is 1. The van der Waals surface area contributed by atoms with Crippen LogP contribution in [0.25, 0.3) is 0 Å². The molecule has 0 bridgehead atoms. The zero-order valence-electron chi connectivity index (χ0n) is 10.6. The molecule has 0 radical (unpaired) electrons. The Morgan fingerprint density at radius 3 is 2.47 bits per heavy atom. The van der Waals surface area contributed by atoms with E-state index in [9.17, 15) is 5.11 Å². The number of aliphatic hydroxyl groups is 1. The van der Waals surface area contributed by atoms with Crippen molar-refractivity contribution in [3.05, 3.63) is 28.8 Å². The van der Waals surface area contributed by atoms with Gasteiger partial charge in [-0.15, -0.1) is 0 Å². The van der Waals surface area contributed by atoms with Gasteiger partial charge in [0.05, 0.1) is 18.2 Å². The normalized spacial score (nSPS) is 12.8. The highest BCUT2D eigenvalue weighted by Gasteiger charge is 2.13. The number of nitrogens with zero attached hydrogens (tertiary/aromatic N) is 1. The molecule has 17 heavy (non-hydrogen) atoms. The third-order valence-corrected chi connectivity index (χ3v) is 3.18. The molecule has 0 heterocycles. The minimum absolute atomic E-state index is 0.515. The highest BCUT2D eigenvalue weighted by atomic mass is 35.5. The summed E-state index contributed by atoms with van der Waals surface area (Å²) in [6.07, 6.45) is -0.515. The van der Waals surface area contributed by atoms with Gasteiger partial charge in [0.15, 0.2) is 0 Å². The molecule has 0 fully saturated rings. The van der Waals surface area contributed by atoms with Crippen LogP contribution in [0.5, 0.6) is 5.75 Å². The highest BCUT2D eigenvalue weighted by Crippen LogP contribution is 2.27. The van der Waals surface area contributed by atoms with Crippen molar-refractivity contribution in [3.8, 4) is 5.75 Å². The second-order valence-electron chi connectivity index (χ2n) is 3.90. The maximum Gasteiger partial charge on any atom is 0.137 e. The van der Waals surface area contributed by atoms with Gasteiger partial charge in [0, 0.05) is 6.54 Å². The molecule has 1 rings (SSSR count). The summed E-state index contributed by atoms with van der Waals surface area (Å²) in [5, 5.41) is 10.6. The van der Waals surface area contributed by atoms with Gasteiger partial charge in [0.1, 0.15) is 5.75 Å². The van der Waals surface area contributed by atoms with E-state index >= 15 is 0 Å². The Morgan fingerprint density at radius 2 is 2.00 bits per heavy atom. The summed E-state index contributed by atoms with van der Waals surface area (Å²) in [4.78, 5) is 2.17. The van der Waals surface area contributed by atoms with Crippen LogP contribution in [0.4, 0.5) is 0 Å². The Balaban J connectivity index is 2.75. The predicted molar refractivity (Wildman–Crippen MR) is 70.8 cm³/mol. The van der Waals surface area contributed by atoms with Crippen LogP contribution < -0.4 is 4.74 Å². The van der Waals surface area contributed by atoms with Gasteiger partial charge in [0.25, 0.3) is 0 Å². The number of methoxy groups -OCH3 is 1. The summed E-state index contributed by atoms with van der Waals surface area (Å²) in [7, 11) is 1.58. The molecule has 0 amide bonds. The Kier molecular flexibility index (Phi) is 5.75. The molecule has 0 saturated carbocycles. The van der Waals surface area contributed by atoms with Gasteiger partial charge < -0.3 is 14.7 Å². The third-order valence-electron chi connectivity index (χ3n) is 2.89. The second kappa shape index (κ2) is 6.84. The molecular formula is C13H20ClNO2. The minimum Gasteiger partial charge on any atom is -0.495 e. The summed E-state index contributed by atoms with van der Waals surface area (Å²) < 4.78 is 5.08. The lowest BCUT2D eigenvalue weighted by atomic mass is 10.1. The quantitative estimate of drug-likeness (QED) is 0.851. The zero-order valence-corrected chi connectivity index (χ0v) is 11.4. The fourth-order valence-electron chi connectivity index (χ4n) is 1.72. The average Bonchev–Trinajstić information content (AvgIpc) is 2.35. The Bertz CT molecular complexity index is 353.